The van der Waals surface area contributed by atoms with Gasteiger partial charge in [-0.2, -0.15) is 0 Å². The first kappa shape index (κ1) is 13.1. The van der Waals surface area contributed by atoms with Gasteiger partial charge in [0.2, 0.25) is 0 Å². The maximum atomic E-state index is 6.08. The van der Waals surface area contributed by atoms with Crippen LogP contribution in [0.5, 0.6) is 0 Å². The Morgan fingerprint density at radius 3 is 2.75 bits per heavy atom. The fourth-order valence-electron chi connectivity index (χ4n) is 1.89. The Morgan fingerprint density at radius 2 is 1.90 bits per heavy atom. The highest BCUT2D eigenvalue weighted by Gasteiger charge is 2.08. The summed E-state index contributed by atoms with van der Waals surface area (Å²) in [6, 6.07) is 11.0. The summed E-state index contributed by atoms with van der Waals surface area (Å²) in [6.07, 6.45) is 1.89. The van der Waals surface area contributed by atoms with E-state index >= 15 is 0 Å². The van der Waals surface area contributed by atoms with E-state index in [1.165, 1.54) is 0 Å². The fourth-order valence-corrected chi connectivity index (χ4v) is 2.23. The van der Waals surface area contributed by atoms with Gasteiger partial charge in [-0.3, -0.25) is 4.40 Å². The first-order chi connectivity index (χ1) is 9.66. The number of nitrogens with zero attached hydrogens (tertiary/aromatic N) is 4. The van der Waals surface area contributed by atoms with E-state index in [1.54, 1.807) is 18.2 Å². The standard InChI is InChI=1S/C14H10Cl2N4/c1-9-14(20-8-3-2-7-12(20)17-9)19-18-11-6-4-5-10(15)13(11)16/h2-8H,1H3. The molecule has 0 amide bonds. The summed E-state index contributed by atoms with van der Waals surface area (Å²) in [6.45, 7) is 1.89. The van der Waals surface area contributed by atoms with Crippen LogP contribution in [-0.4, -0.2) is 9.38 Å². The van der Waals surface area contributed by atoms with Crippen LogP contribution in [-0.2, 0) is 0 Å². The predicted octanol–water partition coefficient (Wildman–Crippen LogP) is 5.36. The number of hydrogen-bond acceptors (Lipinski definition) is 3. The number of hydrogen-bond donors (Lipinski definition) is 0. The van der Waals surface area contributed by atoms with Gasteiger partial charge in [0.25, 0.3) is 0 Å². The molecule has 0 fully saturated rings. The van der Waals surface area contributed by atoms with Gasteiger partial charge in [0.1, 0.15) is 11.3 Å². The maximum absolute atomic E-state index is 6.08. The SMILES string of the molecule is Cc1nc2ccccn2c1N=Nc1cccc(Cl)c1Cl. The summed E-state index contributed by atoms with van der Waals surface area (Å²) in [5.41, 5.74) is 2.17. The van der Waals surface area contributed by atoms with Crippen LogP contribution in [0.3, 0.4) is 0 Å². The van der Waals surface area contributed by atoms with E-state index in [0.29, 0.717) is 21.6 Å². The molecule has 0 N–H and O–H groups in total. The number of halogens is 2. The molecule has 0 bridgehead atoms. The van der Waals surface area contributed by atoms with Crippen LogP contribution in [0.25, 0.3) is 5.65 Å². The number of fused-ring (bicyclic) bond motifs is 1. The van der Waals surface area contributed by atoms with Crippen LogP contribution >= 0.6 is 23.2 Å². The molecule has 0 aliphatic heterocycles. The van der Waals surface area contributed by atoms with Crippen molar-refractivity contribution in [2.45, 2.75) is 6.92 Å². The second kappa shape index (κ2) is 5.23. The second-order valence-corrected chi connectivity index (χ2v) is 5.01. The third-order valence-electron chi connectivity index (χ3n) is 2.86. The lowest BCUT2D eigenvalue weighted by Crippen LogP contribution is -1.80. The van der Waals surface area contributed by atoms with Crippen LogP contribution in [0, 0.1) is 6.92 Å². The summed E-state index contributed by atoms with van der Waals surface area (Å²) in [5.74, 6) is 0.677. The van der Waals surface area contributed by atoms with Gasteiger partial charge in [-0.25, -0.2) is 4.98 Å². The third-order valence-corrected chi connectivity index (χ3v) is 3.67. The lowest BCUT2D eigenvalue weighted by Gasteiger charge is -1.99. The summed E-state index contributed by atoms with van der Waals surface area (Å²) in [4.78, 5) is 4.42. The quantitative estimate of drug-likeness (QED) is 0.587. The van der Waals surface area contributed by atoms with Gasteiger partial charge in [-0.1, -0.05) is 35.3 Å². The van der Waals surface area contributed by atoms with Crippen LogP contribution in [0.4, 0.5) is 11.5 Å². The van der Waals surface area contributed by atoms with Crippen molar-refractivity contribution >= 4 is 40.4 Å². The third kappa shape index (κ3) is 2.28. The number of pyridine rings is 1. The second-order valence-electron chi connectivity index (χ2n) is 4.22. The smallest absolute Gasteiger partial charge is 0.182 e. The van der Waals surface area contributed by atoms with Crippen LogP contribution in [0.1, 0.15) is 5.69 Å². The molecule has 2 aromatic heterocycles. The van der Waals surface area contributed by atoms with Crippen LogP contribution in [0.2, 0.25) is 10.0 Å². The van der Waals surface area contributed by atoms with Gasteiger partial charge >= 0.3 is 0 Å². The first-order valence-corrected chi connectivity index (χ1v) is 6.72. The van der Waals surface area contributed by atoms with Crippen LogP contribution in [0.15, 0.2) is 52.8 Å². The number of rotatable bonds is 2. The van der Waals surface area contributed by atoms with Crippen molar-refractivity contribution in [3.05, 3.63) is 58.3 Å². The van der Waals surface area contributed by atoms with Crippen molar-refractivity contribution < 1.29 is 0 Å². The van der Waals surface area contributed by atoms with Gasteiger partial charge in [0.05, 0.1) is 15.7 Å². The number of azo groups is 1. The van der Waals surface area contributed by atoms with Crippen molar-refractivity contribution in [1.29, 1.82) is 0 Å². The fraction of sp³-hybridized carbons (Fsp3) is 0.0714. The molecular formula is C14H10Cl2N4. The molecule has 0 unspecified atom stereocenters. The minimum atomic E-state index is 0.393. The summed E-state index contributed by atoms with van der Waals surface area (Å²) < 4.78 is 1.87. The summed E-state index contributed by atoms with van der Waals surface area (Å²) in [7, 11) is 0. The summed E-state index contributed by atoms with van der Waals surface area (Å²) in [5, 5.41) is 9.27. The molecule has 6 heteroatoms. The van der Waals surface area contributed by atoms with E-state index in [4.69, 9.17) is 23.2 Å². The largest absolute Gasteiger partial charge is 0.283 e. The molecule has 0 atom stereocenters. The number of imidazole rings is 1. The molecule has 4 nitrogen and oxygen atoms in total. The zero-order valence-electron chi connectivity index (χ0n) is 10.6. The number of benzene rings is 1. The van der Waals surface area contributed by atoms with E-state index in [9.17, 15) is 0 Å². The zero-order chi connectivity index (χ0) is 14.1. The maximum Gasteiger partial charge on any atom is 0.182 e. The van der Waals surface area contributed by atoms with Crippen molar-refractivity contribution in [2.24, 2.45) is 10.2 Å². The highest BCUT2D eigenvalue weighted by Crippen LogP contribution is 2.33. The average molecular weight is 305 g/mol. The molecule has 2 heterocycles. The molecule has 0 saturated heterocycles. The lowest BCUT2D eigenvalue weighted by molar-refractivity contribution is 1.09. The number of aryl methyl sites for hydroxylation is 1. The van der Waals surface area contributed by atoms with Gasteiger partial charge in [-0.05, 0) is 31.2 Å². The van der Waals surface area contributed by atoms with Crippen molar-refractivity contribution in [1.82, 2.24) is 9.38 Å². The van der Waals surface area contributed by atoms with Crippen LogP contribution < -0.4 is 0 Å². The lowest BCUT2D eigenvalue weighted by atomic mass is 10.3. The van der Waals surface area contributed by atoms with Crippen molar-refractivity contribution in [3.8, 4) is 0 Å². The minimum absolute atomic E-state index is 0.393. The Bertz CT molecular complexity index is 808. The molecule has 20 heavy (non-hydrogen) atoms. The molecular weight excluding hydrogens is 295 g/mol. The molecule has 0 aliphatic rings. The van der Waals surface area contributed by atoms with E-state index in [2.05, 4.69) is 15.2 Å². The van der Waals surface area contributed by atoms with E-state index in [-0.39, 0.29) is 0 Å². The Hall–Kier alpha value is -1.91. The van der Waals surface area contributed by atoms with Gasteiger partial charge < -0.3 is 0 Å². The van der Waals surface area contributed by atoms with Gasteiger partial charge in [0.15, 0.2) is 5.82 Å². The Labute approximate surface area is 125 Å². The molecule has 0 saturated carbocycles. The molecule has 0 aliphatic carbocycles. The average Bonchev–Trinajstić information content (AvgIpc) is 2.76. The molecule has 3 rings (SSSR count). The molecule has 3 aromatic rings. The highest BCUT2D eigenvalue weighted by atomic mass is 35.5. The molecule has 0 radical (unpaired) electrons. The van der Waals surface area contributed by atoms with Crippen molar-refractivity contribution in [2.75, 3.05) is 0 Å². The van der Waals surface area contributed by atoms with Gasteiger partial charge in [0, 0.05) is 6.20 Å². The Balaban J connectivity index is 2.07. The normalized spacial score (nSPS) is 11.6. The molecule has 0 spiro atoms. The summed E-state index contributed by atoms with van der Waals surface area (Å²) >= 11 is 12.0. The monoisotopic (exact) mass is 304 g/mol. The Morgan fingerprint density at radius 1 is 1.05 bits per heavy atom. The zero-order valence-corrected chi connectivity index (χ0v) is 12.1. The first-order valence-electron chi connectivity index (χ1n) is 5.96. The Kier molecular flexibility index (Phi) is 3.42. The van der Waals surface area contributed by atoms with Crippen molar-refractivity contribution in [3.63, 3.8) is 0 Å². The van der Waals surface area contributed by atoms with E-state index in [1.807, 2.05) is 35.7 Å². The molecule has 100 valence electrons. The van der Waals surface area contributed by atoms with E-state index < -0.39 is 0 Å². The van der Waals surface area contributed by atoms with E-state index in [0.717, 1.165) is 11.3 Å². The topological polar surface area (TPSA) is 42.0 Å². The predicted molar refractivity (Wildman–Crippen MR) is 80.6 cm³/mol. The minimum Gasteiger partial charge on any atom is -0.283 e. The number of aromatic nitrogens is 2. The molecule has 1 aromatic carbocycles. The highest BCUT2D eigenvalue weighted by molar-refractivity contribution is 6.43. The van der Waals surface area contributed by atoms with Gasteiger partial charge in [-0.15, -0.1) is 10.2 Å².